The van der Waals surface area contributed by atoms with Gasteiger partial charge in [-0.2, -0.15) is 0 Å². The van der Waals surface area contributed by atoms with Crippen molar-refractivity contribution in [1.29, 1.82) is 0 Å². The van der Waals surface area contributed by atoms with Crippen LogP contribution in [0.15, 0.2) is 24.4 Å². The SMILES string of the molecule is CCCN(C(=O)c1ccnc(C)c1)C1CCN(c2cc(C)nc(C)n2)CC1. The van der Waals surface area contributed by atoms with Gasteiger partial charge in [-0.1, -0.05) is 6.92 Å². The number of pyridine rings is 1. The molecule has 0 atom stereocenters. The molecule has 0 spiro atoms. The highest BCUT2D eigenvalue weighted by Crippen LogP contribution is 2.23. The minimum absolute atomic E-state index is 0.120. The molecule has 1 saturated heterocycles. The molecule has 1 aliphatic rings. The molecule has 3 rings (SSSR count). The maximum atomic E-state index is 13.1. The number of aromatic nitrogens is 3. The first kappa shape index (κ1) is 19.3. The van der Waals surface area contributed by atoms with Crippen molar-refractivity contribution >= 4 is 11.7 Å². The quantitative estimate of drug-likeness (QED) is 0.811. The Bertz CT molecular complexity index is 779. The van der Waals surface area contributed by atoms with Gasteiger partial charge in [-0.15, -0.1) is 0 Å². The number of hydrogen-bond acceptors (Lipinski definition) is 5. The Hall–Kier alpha value is -2.50. The first-order valence-corrected chi connectivity index (χ1v) is 9.78. The number of piperidine rings is 1. The molecule has 3 heterocycles. The van der Waals surface area contributed by atoms with Crippen LogP contribution in [-0.2, 0) is 0 Å². The van der Waals surface area contributed by atoms with E-state index in [1.54, 1.807) is 6.20 Å². The van der Waals surface area contributed by atoms with Crippen molar-refractivity contribution in [1.82, 2.24) is 19.9 Å². The van der Waals surface area contributed by atoms with Crippen LogP contribution in [0.1, 0.15) is 53.8 Å². The highest BCUT2D eigenvalue weighted by molar-refractivity contribution is 5.94. The molecule has 1 fully saturated rings. The summed E-state index contributed by atoms with van der Waals surface area (Å²) < 4.78 is 0. The van der Waals surface area contributed by atoms with Gasteiger partial charge in [0.25, 0.3) is 5.91 Å². The Morgan fingerprint density at radius 3 is 2.52 bits per heavy atom. The molecule has 0 aromatic carbocycles. The largest absolute Gasteiger partial charge is 0.356 e. The molecule has 0 bridgehead atoms. The lowest BCUT2D eigenvalue weighted by atomic mass is 10.0. The van der Waals surface area contributed by atoms with E-state index >= 15 is 0 Å². The second kappa shape index (κ2) is 8.46. The molecule has 0 radical (unpaired) electrons. The zero-order chi connectivity index (χ0) is 19.4. The van der Waals surface area contributed by atoms with Gasteiger partial charge in [-0.05, 0) is 52.2 Å². The van der Waals surface area contributed by atoms with Crippen molar-refractivity contribution in [2.24, 2.45) is 0 Å². The molecular weight excluding hydrogens is 338 g/mol. The number of anilines is 1. The minimum Gasteiger partial charge on any atom is -0.356 e. The van der Waals surface area contributed by atoms with Crippen molar-refractivity contribution in [2.75, 3.05) is 24.5 Å². The van der Waals surface area contributed by atoms with Crippen LogP contribution < -0.4 is 4.90 Å². The molecule has 144 valence electrons. The third kappa shape index (κ3) is 4.62. The second-order valence-electron chi connectivity index (χ2n) is 7.32. The Morgan fingerprint density at radius 2 is 1.89 bits per heavy atom. The Labute approximate surface area is 161 Å². The molecule has 0 aliphatic carbocycles. The highest BCUT2D eigenvalue weighted by atomic mass is 16.2. The molecule has 0 saturated carbocycles. The van der Waals surface area contributed by atoms with Gasteiger partial charge in [0.05, 0.1) is 0 Å². The van der Waals surface area contributed by atoms with E-state index < -0.39 is 0 Å². The van der Waals surface area contributed by atoms with E-state index in [-0.39, 0.29) is 11.9 Å². The van der Waals surface area contributed by atoms with Gasteiger partial charge in [0.2, 0.25) is 0 Å². The molecule has 0 N–H and O–H groups in total. The third-order valence-corrected chi connectivity index (χ3v) is 5.05. The van der Waals surface area contributed by atoms with E-state index in [1.165, 1.54) is 0 Å². The number of hydrogen-bond donors (Lipinski definition) is 0. The zero-order valence-corrected chi connectivity index (χ0v) is 16.8. The molecule has 0 unspecified atom stereocenters. The molecule has 1 amide bonds. The molecular formula is C21H29N5O. The van der Waals surface area contributed by atoms with Gasteiger partial charge in [0.15, 0.2) is 0 Å². The number of amides is 1. The number of nitrogens with zero attached hydrogens (tertiary/aromatic N) is 5. The monoisotopic (exact) mass is 367 g/mol. The van der Waals surface area contributed by atoms with E-state index in [9.17, 15) is 4.79 Å². The Morgan fingerprint density at radius 1 is 1.15 bits per heavy atom. The van der Waals surface area contributed by atoms with E-state index in [4.69, 9.17) is 0 Å². The fourth-order valence-corrected chi connectivity index (χ4v) is 3.80. The maximum Gasteiger partial charge on any atom is 0.254 e. The number of aryl methyl sites for hydroxylation is 3. The van der Waals surface area contributed by atoms with E-state index in [1.807, 2.05) is 39.0 Å². The lowest BCUT2D eigenvalue weighted by Crippen LogP contribution is -2.48. The standard InChI is InChI=1S/C21H29N5O/c1-5-10-26(21(27)18-6-9-22-15(2)13-18)19-7-11-25(12-8-19)20-14-16(3)23-17(4)24-20/h6,9,13-14,19H,5,7-8,10-12H2,1-4H3. The molecule has 2 aromatic heterocycles. The fraction of sp³-hybridized carbons (Fsp3) is 0.524. The van der Waals surface area contributed by atoms with Crippen molar-refractivity contribution in [3.05, 3.63) is 47.2 Å². The van der Waals surface area contributed by atoms with Crippen LogP contribution in [-0.4, -0.2) is 51.4 Å². The normalized spacial score (nSPS) is 15.0. The van der Waals surface area contributed by atoms with E-state index in [0.29, 0.717) is 0 Å². The molecule has 2 aromatic rings. The molecule has 6 heteroatoms. The average molecular weight is 367 g/mol. The lowest BCUT2D eigenvalue weighted by Gasteiger charge is -2.39. The summed E-state index contributed by atoms with van der Waals surface area (Å²) in [5, 5.41) is 0. The van der Waals surface area contributed by atoms with Gasteiger partial charge in [-0.3, -0.25) is 9.78 Å². The van der Waals surface area contributed by atoms with Gasteiger partial charge in [-0.25, -0.2) is 9.97 Å². The van der Waals surface area contributed by atoms with Crippen LogP contribution >= 0.6 is 0 Å². The average Bonchev–Trinajstić information content (AvgIpc) is 2.65. The minimum atomic E-state index is 0.120. The molecule has 1 aliphatic heterocycles. The lowest BCUT2D eigenvalue weighted by molar-refractivity contribution is 0.0649. The van der Waals surface area contributed by atoms with Crippen LogP contribution in [0.3, 0.4) is 0 Å². The zero-order valence-electron chi connectivity index (χ0n) is 16.8. The Kier molecular flexibility index (Phi) is 6.04. The van der Waals surface area contributed by atoms with Crippen LogP contribution in [0.4, 0.5) is 5.82 Å². The predicted octanol–water partition coefficient (Wildman–Crippen LogP) is 3.32. The topological polar surface area (TPSA) is 62.2 Å². The first-order valence-electron chi connectivity index (χ1n) is 9.78. The predicted molar refractivity (Wildman–Crippen MR) is 107 cm³/mol. The number of carbonyl (C=O) groups is 1. The van der Waals surface area contributed by atoms with Gasteiger partial charge < -0.3 is 9.80 Å². The van der Waals surface area contributed by atoms with Crippen LogP contribution in [0.2, 0.25) is 0 Å². The van der Waals surface area contributed by atoms with Gasteiger partial charge in [0.1, 0.15) is 11.6 Å². The summed E-state index contributed by atoms with van der Waals surface area (Å²) in [5.74, 6) is 1.93. The second-order valence-corrected chi connectivity index (χ2v) is 7.32. The van der Waals surface area contributed by atoms with Gasteiger partial charge in [0, 0.05) is 54.9 Å². The first-order chi connectivity index (χ1) is 13.0. The van der Waals surface area contributed by atoms with E-state index in [0.717, 1.165) is 67.5 Å². The summed E-state index contributed by atoms with van der Waals surface area (Å²) in [6.07, 6.45) is 4.59. The van der Waals surface area contributed by atoms with Crippen molar-refractivity contribution < 1.29 is 4.79 Å². The molecule has 6 nitrogen and oxygen atoms in total. The van der Waals surface area contributed by atoms with E-state index in [2.05, 4.69) is 31.7 Å². The highest BCUT2D eigenvalue weighted by Gasteiger charge is 2.28. The summed E-state index contributed by atoms with van der Waals surface area (Å²) in [7, 11) is 0. The van der Waals surface area contributed by atoms with Gasteiger partial charge >= 0.3 is 0 Å². The number of carbonyl (C=O) groups excluding carboxylic acids is 1. The third-order valence-electron chi connectivity index (χ3n) is 5.05. The summed E-state index contributed by atoms with van der Waals surface area (Å²) in [4.78, 5) is 30.6. The summed E-state index contributed by atoms with van der Waals surface area (Å²) in [6, 6.07) is 6.01. The smallest absolute Gasteiger partial charge is 0.254 e. The van der Waals surface area contributed by atoms with Crippen LogP contribution in [0.5, 0.6) is 0 Å². The summed E-state index contributed by atoms with van der Waals surface area (Å²) in [6.45, 7) is 10.6. The van der Waals surface area contributed by atoms with Crippen molar-refractivity contribution in [3.8, 4) is 0 Å². The number of rotatable bonds is 5. The van der Waals surface area contributed by atoms with Crippen molar-refractivity contribution in [3.63, 3.8) is 0 Å². The van der Waals surface area contributed by atoms with Crippen LogP contribution in [0.25, 0.3) is 0 Å². The fourth-order valence-electron chi connectivity index (χ4n) is 3.80. The Balaban J connectivity index is 1.70. The molecule has 27 heavy (non-hydrogen) atoms. The van der Waals surface area contributed by atoms with Crippen LogP contribution in [0, 0.1) is 20.8 Å². The maximum absolute atomic E-state index is 13.1. The van der Waals surface area contributed by atoms with Crippen molar-refractivity contribution in [2.45, 2.75) is 53.0 Å². The summed E-state index contributed by atoms with van der Waals surface area (Å²) >= 11 is 0. The summed E-state index contributed by atoms with van der Waals surface area (Å²) in [5.41, 5.74) is 2.61.